The number of hydrogen-bond donors (Lipinski definition) is 1. The minimum absolute atomic E-state index is 0.381. The van der Waals surface area contributed by atoms with E-state index in [1.54, 1.807) is 7.11 Å². The summed E-state index contributed by atoms with van der Waals surface area (Å²) in [6.07, 6.45) is 2.68. The van der Waals surface area contributed by atoms with Crippen LogP contribution in [0.25, 0.3) is 0 Å². The van der Waals surface area contributed by atoms with E-state index in [2.05, 4.69) is 26.1 Å². The van der Waals surface area contributed by atoms with Gasteiger partial charge in [-0.2, -0.15) is 0 Å². The van der Waals surface area contributed by atoms with Crippen LogP contribution >= 0.6 is 0 Å². The molecular formula is C13H27NO2. The van der Waals surface area contributed by atoms with Crippen molar-refractivity contribution in [3.63, 3.8) is 0 Å². The first-order valence-electron chi connectivity index (χ1n) is 6.54. The fraction of sp³-hybridized carbons (Fsp3) is 1.00. The van der Waals surface area contributed by atoms with E-state index in [1.165, 1.54) is 6.42 Å². The van der Waals surface area contributed by atoms with Crippen LogP contribution in [0.1, 0.15) is 33.6 Å². The van der Waals surface area contributed by atoms with E-state index in [0.717, 1.165) is 26.2 Å². The Morgan fingerprint density at radius 1 is 1.50 bits per heavy atom. The highest BCUT2D eigenvalue weighted by Gasteiger charge is 2.34. The van der Waals surface area contributed by atoms with Gasteiger partial charge in [-0.05, 0) is 31.2 Å². The maximum absolute atomic E-state index is 5.88. The van der Waals surface area contributed by atoms with Gasteiger partial charge in [-0.1, -0.05) is 20.8 Å². The van der Waals surface area contributed by atoms with Crippen LogP contribution in [0.3, 0.4) is 0 Å². The quantitative estimate of drug-likeness (QED) is 0.725. The molecule has 0 aliphatic carbocycles. The average molecular weight is 229 g/mol. The molecule has 0 amide bonds. The van der Waals surface area contributed by atoms with Gasteiger partial charge in [-0.25, -0.2) is 0 Å². The molecular weight excluding hydrogens is 202 g/mol. The van der Waals surface area contributed by atoms with Crippen LogP contribution in [-0.2, 0) is 9.47 Å². The third-order valence-electron chi connectivity index (χ3n) is 3.63. The van der Waals surface area contributed by atoms with Crippen molar-refractivity contribution in [1.82, 2.24) is 5.32 Å². The fourth-order valence-corrected chi connectivity index (χ4v) is 2.54. The van der Waals surface area contributed by atoms with Crippen molar-refractivity contribution in [2.75, 3.05) is 26.9 Å². The van der Waals surface area contributed by atoms with Crippen LogP contribution in [0, 0.1) is 11.8 Å². The van der Waals surface area contributed by atoms with Gasteiger partial charge in [0.1, 0.15) is 0 Å². The Morgan fingerprint density at radius 3 is 2.75 bits per heavy atom. The summed E-state index contributed by atoms with van der Waals surface area (Å²) in [5, 5.41) is 3.58. The predicted octanol–water partition coefficient (Wildman–Crippen LogP) is 2.06. The van der Waals surface area contributed by atoms with Crippen LogP contribution in [0.2, 0.25) is 0 Å². The van der Waals surface area contributed by atoms with Gasteiger partial charge in [0, 0.05) is 26.4 Å². The molecule has 0 saturated carbocycles. The number of likely N-dealkylation sites (N-methyl/N-ethyl adjacent to an activating group) is 1. The first-order valence-corrected chi connectivity index (χ1v) is 6.54. The largest absolute Gasteiger partial charge is 0.385 e. The second kappa shape index (κ2) is 7.25. The van der Waals surface area contributed by atoms with Gasteiger partial charge in [-0.15, -0.1) is 0 Å². The summed E-state index contributed by atoms with van der Waals surface area (Å²) >= 11 is 0. The molecule has 0 bridgehead atoms. The van der Waals surface area contributed by atoms with Crippen molar-refractivity contribution in [3.05, 3.63) is 0 Å². The van der Waals surface area contributed by atoms with E-state index in [1.807, 2.05) is 0 Å². The Balaban J connectivity index is 2.51. The van der Waals surface area contributed by atoms with Crippen molar-refractivity contribution in [2.45, 2.75) is 45.8 Å². The lowest BCUT2D eigenvalue weighted by Gasteiger charge is -2.31. The molecule has 1 saturated heterocycles. The second-order valence-corrected chi connectivity index (χ2v) is 4.94. The van der Waals surface area contributed by atoms with Gasteiger partial charge in [0.2, 0.25) is 0 Å². The monoisotopic (exact) mass is 229 g/mol. The molecule has 4 unspecified atom stereocenters. The molecule has 0 aromatic rings. The first-order chi connectivity index (χ1) is 7.70. The van der Waals surface area contributed by atoms with Gasteiger partial charge in [0.25, 0.3) is 0 Å². The molecule has 1 fully saturated rings. The number of rotatable bonds is 7. The summed E-state index contributed by atoms with van der Waals surface area (Å²) in [7, 11) is 1.77. The van der Waals surface area contributed by atoms with E-state index >= 15 is 0 Å². The molecule has 1 rings (SSSR count). The van der Waals surface area contributed by atoms with Gasteiger partial charge >= 0.3 is 0 Å². The lowest BCUT2D eigenvalue weighted by atomic mass is 9.87. The first kappa shape index (κ1) is 13.9. The minimum atomic E-state index is 0.381. The van der Waals surface area contributed by atoms with E-state index in [0.29, 0.717) is 24.0 Å². The van der Waals surface area contributed by atoms with Crippen molar-refractivity contribution < 1.29 is 9.47 Å². The van der Waals surface area contributed by atoms with Crippen LogP contribution in [0.5, 0.6) is 0 Å². The van der Waals surface area contributed by atoms with E-state index in [-0.39, 0.29) is 0 Å². The Kier molecular flexibility index (Phi) is 6.32. The Morgan fingerprint density at radius 2 is 2.25 bits per heavy atom. The van der Waals surface area contributed by atoms with Crippen molar-refractivity contribution in [1.29, 1.82) is 0 Å². The van der Waals surface area contributed by atoms with Crippen molar-refractivity contribution >= 4 is 0 Å². The Labute approximate surface area is 99.9 Å². The maximum atomic E-state index is 5.88. The second-order valence-electron chi connectivity index (χ2n) is 4.94. The maximum Gasteiger partial charge on any atom is 0.0756 e. The van der Waals surface area contributed by atoms with Crippen molar-refractivity contribution in [2.24, 2.45) is 11.8 Å². The smallest absolute Gasteiger partial charge is 0.0756 e. The third kappa shape index (κ3) is 3.72. The van der Waals surface area contributed by atoms with Gasteiger partial charge in [0.05, 0.1) is 6.10 Å². The number of ether oxygens (including phenoxy) is 2. The van der Waals surface area contributed by atoms with E-state index in [4.69, 9.17) is 9.47 Å². The molecule has 1 N–H and O–H groups in total. The highest BCUT2D eigenvalue weighted by molar-refractivity contribution is 4.87. The zero-order valence-corrected chi connectivity index (χ0v) is 11.2. The van der Waals surface area contributed by atoms with Crippen LogP contribution in [0.15, 0.2) is 0 Å². The molecule has 0 aromatic carbocycles. The third-order valence-corrected chi connectivity index (χ3v) is 3.63. The summed E-state index contributed by atoms with van der Waals surface area (Å²) in [4.78, 5) is 0. The normalized spacial score (nSPS) is 29.2. The topological polar surface area (TPSA) is 30.5 Å². The van der Waals surface area contributed by atoms with Crippen molar-refractivity contribution in [3.8, 4) is 0 Å². The Bertz CT molecular complexity index is 187. The lowest BCUT2D eigenvalue weighted by Crippen LogP contribution is -2.46. The molecule has 0 spiro atoms. The van der Waals surface area contributed by atoms with Crippen LogP contribution in [0.4, 0.5) is 0 Å². The Hall–Kier alpha value is -0.120. The standard InChI is InChI=1S/C13H27NO2/c1-5-14-12(10(2)6-8-15-4)13-11(3)7-9-16-13/h10-14H,5-9H2,1-4H3. The molecule has 3 heteroatoms. The molecule has 0 radical (unpaired) electrons. The minimum Gasteiger partial charge on any atom is -0.385 e. The summed E-state index contributed by atoms with van der Waals surface area (Å²) in [6.45, 7) is 9.52. The highest BCUT2D eigenvalue weighted by Crippen LogP contribution is 2.27. The fourth-order valence-electron chi connectivity index (χ4n) is 2.54. The molecule has 1 aliphatic rings. The zero-order valence-electron chi connectivity index (χ0n) is 11.2. The number of methoxy groups -OCH3 is 1. The predicted molar refractivity (Wildman–Crippen MR) is 66.6 cm³/mol. The van der Waals surface area contributed by atoms with Gasteiger partial charge in [0.15, 0.2) is 0 Å². The molecule has 1 heterocycles. The molecule has 96 valence electrons. The summed E-state index contributed by atoms with van der Waals surface area (Å²) < 4.78 is 11.0. The van der Waals surface area contributed by atoms with Gasteiger partial charge in [-0.3, -0.25) is 0 Å². The van der Waals surface area contributed by atoms with Crippen LogP contribution < -0.4 is 5.32 Å². The van der Waals surface area contributed by atoms with Gasteiger partial charge < -0.3 is 14.8 Å². The summed E-state index contributed by atoms with van der Waals surface area (Å²) in [6, 6.07) is 0.470. The summed E-state index contributed by atoms with van der Waals surface area (Å²) in [5.41, 5.74) is 0. The molecule has 3 nitrogen and oxygen atoms in total. The number of nitrogens with one attached hydrogen (secondary N) is 1. The van der Waals surface area contributed by atoms with Crippen LogP contribution in [-0.4, -0.2) is 39.0 Å². The lowest BCUT2D eigenvalue weighted by molar-refractivity contribution is 0.0377. The molecule has 16 heavy (non-hydrogen) atoms. The summed E-state index contributed by atoms with van der Waals surface area (Å²) in [5.74, 6) is 1.28. The molecule has 4 atom stereocenters. The highest BCUT2D eigenvalue weighted by atomic mass is 16.5. The van der Waals surface area contributed by atoms with E-state index in [9.17, 15) is 0 Å². The average Bonchev–Trinajstić information content (AvgIpc) is 2.69. The molecule has 0 aromatic heterocycles. The van der Waals surface area contributed by atoms with E-state index < -0.39 is 0 Å². The number of hydrogen-bond acceptors (Lipinski definition) is 3. The zero-order chi connectivity index (χ0) is 12.0. The molecule has 1 aliphatic heterocycles. The SMILES string of the molecule is CCNC(C(C)CCOC)C1OCCC1C.